The number of hydrogen-bond donors (Lipinski definition) is 1. The molecule has 2 aromatic rings. The number of rotatable bonds is 5. The van der Waals surface area contributed by atoms with Crippen LogP contribution in [0, 0.1) is 19.3 Å². The Morgan fingerprint density at radius 1 is 1.00 bits per heavy atom. The van der Waals surface area contributed by atoms with Gasteiger partial charge in [0.1, 0.15) is 0 Å². The third kappa shape index (κ3) is 6.07. The summed E-state index contributed by atoms with van der Waals surface area (Å²) in [6, 6.07) is 12.2. The molecule has 1 atom stereocenters. The maximum Gasteiger partial charge on any atom is 0.272 e. The van der Waals surface area contributed by atoms with Crippen LogP contribution in [0.3, 0.4) is 0 Å². The zero-order chi connectivity index (χ0) is 21.8. The monoisotopic (exact) mass is 414 g/mol. The van der Waals surface area contributed by atoms with Gasteiger partial charge in [-0.3, -0.25) is 15.0 Å². The van der Waals surface area contributed by atoms with Crippen LogP contribution in [0.15, 0.2) is 42.5 Å². The maximum atomic E-state index is 13.5. The van der Waals surface area contributed by atoms with Crippen molar-refractivity contribution in [3.63, 3.8) is 0 Å². The molecule has 0 aromatic heterocycles. The molecular formula is C24H31ClN2O2. The van der Waals surface area contributed by atoms with Crippen molar-refractivity contribution in [2.45, 2.75) is 60.4 Å². The average Bonchev–Trinajstić information content (AvgIpc) is 2.62. The minimum atomic E-state index is -0.329. The van der Waals surface area contributed by atoms with Crippen LogP contribution in [-0.4, -0.2) is 22.9 Å². The third-order valence-corrected chi connectivity index (χ3v) is 5.14. The molecule has 0 fully saturated rings. The largest absolute Gasteiger partial charge is 0.272 e. The molecule has 0 spiro atoms. The highest BCUT2D eigenvalue weighted by atomic mass is 35.5. The number of carbonyl (C=O) groups is 2. The minimum Gasteiger partial charge on any atom is -0.267 e. The van der Waals surface area contributed by atoms with E-state index >= 15 is 0 Å². The second-order valence-electron chi connectivity index (χ2n) is 8.67. The number of benzene rings is 2. The zero-order valence-electron chi connectivity index (χ0n) is 18.2. The van der Waals surface area contributed by atoms with E-state index in [2.05, 4.69) is 33.1 Å². The van der Waals surface area contributed by atoms with Crippen LogP contribution < -0.4 is 5.43 Å². The molecule has 0 bridgehead atoms. The highest BCUT2D eigenvalue weighted by Gasteiger charge is 2.35. The molecular weight excluding hydrogens is 384 g/mol. The van der Waals surface area contributed by atoms with E-state index in [9.17, 15) is 9.59 Å². The van der Waals surface area contributed by atoms with E-state index in [1.807, 2.05) is 32.0 Å². The second-order valence-corrected chi connectivity index (χ2v) is 9.11. The molecule has 156 valence electrons. The molecule has 4 nitrogen and oxygen atoms in total. The van der Waals surface area contributed by atoms with Gasteiger partial charge in [0.2, 0.25) is 0 Å². The number of halogens is 1. The number of hydrogen-bond acceptors (Lipinski definition) is 2. The number of nitrogens with zero attached hydrogens (tertiary/aromatic N) is 1. The van der Waals surface area contributed by atoms with Gasteiger partial charge in [0.05, 0.1) is 6.04 Å². The van der Waals surface area contributed by atoms with Crippen molar-refractivity contribution in [2.24, 2.45) is 5.41 Å². The third-order valence-electron chi connectivity index (χ3n) is 4.89. The number of carbonyl (C=O) groups excluding carboxylic acids is 2. The highest BCUT2D eigenvalue weighted by molar-refractivity contribution is 6.30. The van der Waals surface area contributed by atoms with Gasteiger partial charge in [-0.1, -0.05) is 62.9 Å². The first kappa shape index (κ1) is 23.0. The summed E-state index contributed by atoms with van der Waals surface area (Å²) >= 11 is 5.94. The molecule has 5 heteroatoms. The summed E-state index contributed by atoms with van der Waals surface area (Å²) < 4.78 is 0. The van der Waals surface area contributed by atoms with Gasteiger partial charge in [0.25, 0.3) is 11.8 Å². The molecule has 1 N–H and O–H groups in total. The molecule has 2 aromatic carbocycles. The molecule has 0 saturated carbocycles. The predicted octanol–water partition coefficient (Wildman–Crippen LogP) is 5.96. The van der Waals surface area contributed by atoms with E-state index in [0.29, 0.717) is 16.1 Å². The van der Waals surface area contributed by atoms with Crippen molar-refractivity contribution in [1.82, 2.24) is 10.4 Å². The Hall–Kier alpha value is -2.33. The Morgan fingerprint density at radius 2 is 1.55 bits per heavy atom. The summed E-state index contributed by atoms with van der Waals surface area (Å²) in [5, 5.41) is 2.08. The summed E-state index contributed by atoms with van der Waals surface area (Å²) in [5.41, 5.74) is 5.73. The van der Waals surface area contributed by atoms with Crippen LogP contribution in [0.5, 0.6) is 0 Å². The van der Waals surface area contributed by atoms with Gasteiger partial charge >= 0.3 is 0 Å². The lowest BCUT2D eigenvalue weighted by Gasteiger charge is -2.40. The Kier molecular flexibility index (Phi) is 7.48. The Labute approximate surface area is 179 Å². The van der Waals surface area contributed by atoms with Crippen molar-refractivity contribution >= 4 is 23.4 Å². The van der Waals surface area contributed by atoms with Gasteiger partial charge in [0, 0.05) is 16.1 Å². The van der Waals surface area contributed by atoms with E-state index in [4.69, 9.17) is 11.6 Å². The quantitative estimate of drug-likeness (QED) is 0.613. The topological polar surface area (TPSA) is 49.4 Å². The van der Waals surface area contributed by atoms with Crippen molar-refractivity contribution < 1.29 is 9.59 Å². The van der Waals surface area contributed by atoms with Gasteiger partial charge in [-0.2, -0.15) is 0 Å². The fourth-order valence-corrected chi connectivity index (χ4v) is 3.63. The summed E-state index contributed by atoms with van der Waals surface area (Å²) in [6.07, 6.45) is 1.68. The summed E-state index contributed by atoms with van der Waals surface area (Å²) in [6.45, 7) is 12.3. The van der Waals surface area contributed by atoms with Gasteiger partial charge in [-0.15, -0.1) is 0 Å². The number of nitrogens with one attached hydrogen (secondary N) is 1. The SMILES string of the molecule is CCC[C@@H](N(NC(=O)c1ccc(Cl)cc1)C(=O)c1cc(C)cc(C)c1)C(C)(C)C. The lowest BCUT2D eigenvalue weighted by Crippen LogP contribution is -2.56. The first-order chi connectivity index (χ1) is 13.5. The summed E-state index contributed by atoms with van der Waals surface area (Å²) in [5.74, 6) is -0.530. The molecule has 2 amide bonds. The fraction of sp³-hybridized carbons (Fsp3) is 0.417. The van der Waals surface area contributed by atoms with Crippen molar-refractivity contribution in [2.75, 3.05) is 0 Å². The summed E-state index contributed by atoms with van der Waals surface area (Å²) in [7, 11) is 0. The van der Waals surface area contributed by atoms with E-state index in [-0.39, 0.29) is 23.3 Å². The molecule has 0 aliphatic carbocycles. The zero-order valence-corrected chi connectivity index (χ0v) is 18.9. The van der Waals surface area contributed by atoms with E-state index in [1.54, 1.807) is 24.3 Å². The lowest BCUT2D eigenvalue weighted by molar-refractivity contribution is 0.0271. The van der Waals surface area contributed by atoms with Crippen LogP contribution in [0.25, 0.3) is 0 Å². The minimum absolute atomic E-state index is 0.155. The van der Waals surface area contributed by atoms with Crippen molar-refractivity contribution in [1.29, 1.82) is 0 Å². The lowest BCUT2D eigenvalue weighted by atomic mass is 9.83. The molecule has 0 saturated heterocycles. The number of amides is 2. The van der Waals surface area contributed by atoms with Crippen LogP contribution in [0.1, 0.15) is 72.4 Å². The summed E-state index contributed by atoms with van der Waals surface area (Å²) in [4.78, 5) is 26.4. The van der Waals surface area contributed by atoms with Crippen LogP contribution in [-0.2, 0) is 0 Å². The standard InChI is InChI=1S/C24H31ClN2O2/c1-7-8-21(24(4,5)6)27(23(29)19-14-16(2)13-17(3)15-19)26-22(28)18-9-11-20(25)12-10-18/h9-15,21H,7-8H2,1-6H3,(H,26,28)/t21-/m1/s1. The van der Waals surface area contributed by atoms with Crippen LogP contribution in [0.4, 0.5) is 0 Å². The molecule has 0 radical (unpaired) electrons. The van der Waals surface area contributed by atoms with E-state index in [0.717, 1.165) is 24.0 Å². The van der Waals surface area contributed by atoms with Crippen molar-refractivity contribution in [3.05, 3.63) is 69.7 Å². The van der Waals surface area contributed by atoms with Gasteiger partial charge < -0.3 is 0 Å². The molecule has 0 unspecified atom stereocenters. The Balaban J connectivity index is 2.45. The smallest absolute Gasteiger partial charge is 0.267 e. The van der Waals surface area contributed by atoms with Crippen molar-refractivity contribution in [3.8, 4) is 0 Å². The van der Waals surface area contributed by atoms with E-state index < -0.39 is 0 Å². The number of hydrazine groups is 1. The highest BCUT2D eigenvalue weighted by Crippen LogP contribution is 2.29. The Bertz CT molecular complexity index is 849. The molecule has 0 aliphatic rings. The fourth-order valence-electron chi connectivity index (χ4n) is 3.51. The van der Waals surface area contributed by atoms with Crippen LogP contribution in [0.2, 0.25) is 5.02 Å². The first-order valence-corrected chi connectivity index (χ1v) is 10.4. The number of aryl methyl sites for hydroxylation is 2. The molecule has 2 rings (SSSR count). The Morgan fingerprint density at radius 3 is 2.03 bits per heavy atom. The first-order valence-electron chi connectivity index (χ1n) is 10.0. The van der Waals surface area contributed by atoms with E-state index in [1.165, 1.54) is 5.01 Å². The normalized spacial score (nSPS) is 12.4. The molecule has 29 heavy (non-hydrogen) atoms. The van der Waals surface area contributed by atoms with Gasteiger partial charge in [-0.05, 0) is 62.1 Å². The van der Waals surface area contributed by atoms with Crippen LogP contribution >= 0.6 is 11.6 Å². The van der Waals surface area contributed by atoms with Gasteiger partial charge in [0.15, 0.2) is 0 Å². The molecule has 0 heterocycles. The van der Waals surface area contributed by atoms with Gasteiger partial charge in [-0.25, -0.2) is 5.01 Å². The molecule has 0 aliphatic heterocycles. The second kappa shape index (κ2) is 9.45. The predicted molar refractivity (Wildman–Crippen MR) is 119 cm³/mol. The average molecular weight is 415 g/mol. The maximum absolute atomic E-state index is 13.5.